The Morgan fingerprint density at radius 1 is 1.60 bits per heavy atom. The fourth-order valence-electron chi connectivity index (χ4n) is 1.67. The summed E-state index contributed by atoms with van der Waals surface area (Å²) < 4.78 is 0. The molecule has 0 spiro atoms. The number of nitrogens with zero attached hydrogens (tertiary/aromatic N) is 1. The van der Waals surface area contributed by atoms with Crippen LogP contribution in [0, 0.1) is 19.8 Å². The second-order valence-corrected chi connectivity index (χ2v) is 5.65. The van der Waals surface area contributed by atoms with Crippen molar-refractivity contribution in [2.75, 3.05) is 19.0 Å². The van der Waals surface area contributed by atoms with Crippen molar-refractivity contribution >= 4 is 28.8 Å². The summed E-state index contributed by atoms with van der Waals surface area (Å²) in [7, 11) is 0. The Hall–Kier alpha value is -0.540. The van der Waals surface area contributed by atoms with Gasteiger partial charge in [0.25, 0.3) is 5.91 Å². The van der Waals surface area contributed by atoms with E-state index in [4.69, 9.17) is 11.6 Å². The lowest BCUT2D eigenvalue weighted by atomic mass is 10.0. The van der Waals surface area contributed by atoms with Crippen LogP contribution in [0.15, 0.2) is 6.07 Å². The molecule has 2 nitrogen and oxygen atoms in total. The highest BCUT2D eigenvalue weighted by Crippen LogP contribution is 2.25. The molecular formula is C11H14ClNOS. The van der Waals surface area contributed by atoms with E-state index in [0.29, 0.717) is 11.8 Å². The molecule has 4 heteroatoms. The highest BCUT2D eigenvalue weighted by Gasteiger charge is 2.31. The van der Waals surface area contributed by atoms with E-state index in [2.05, 4.69) is 6.92 Å². The normalized spacial score (nSPS) is 16.6. The summed E-state index contributed by atoms with van der Waals surface area (Å²) in [4.78, 5) is 15.9. The van der Waals surface area contributed by atoms with Crippen molar-refractivity contribution in [1.29, 1.82) is 0 Å². The second-order valence-electron chi connectivity index (χ2n) is 4.08. The Morgan fingerprint density at radius 2 is 2.27 bits per heavy atom. The fraction of sp³-hybridized carbons (Fsp3) is 0.545. The molecule has 0 unspecified atom stereocenters. The number of carbonyl (C=O) groups is 1. The number of halogens is 1. The van der Waals surface area contributed by atoms with Gasteiger partial charge in [-0.2, -0.15) is 0 Å². The Balaban J connectivity index is 2.03. The zero-order valence-corrected chi connectivity index (χ0v) is 10.5. The van der Waals surface area contributed by atoms with Gasteiger partial charge in [-0.1, -0.05) is 0 Å². The minimum atomic E-state index is 0.164. The third-order valence-electron chi connectivity index (χ3n) is 2.84. The number of alkyl halides is 1. The Kier molecular flexibility index (Phi) is 3.03. The van der Waals surface area contributed by atoms with Gasteiger partial charge in [0.05, 0.1) is 4.88 Å². The second kappa shape index (κ2) is 4.14. The van der Waals surface area contributed by atoms with E-state index in [1.165, 1.54) is 10.4 Å². The molecular weight excluding hydrogens is 230 g/mol. The molecule has 1 aliphatic rings. The van der Waals surface area contributed by atoms with Gasteiger partial charge in [0.2, 0.25) is 0 Å². The van der Waals surface area contributed by atoms with Gasteiger partial charge in [0.15, 0.2) is 0 Å². The van der Waals surface area contributed by atoms with Crippen LogP contribution >= 0.6 is 22.9 Å². The van der Waals surface area contributed by atoms with Gasteiger partial charge < -0.3 is 4.90 Å². The fourth-order valence-corrected chi connectivity index (χ4v) is 2.86. The smallest absolute Gasteiger partial charge is 0.263 e. The summed E-state index contributed by atoms with van der Waals surface area (Å²) in [6.45, 7) is 5.73. The third kappa shape index (κ3) is 2.04. The first kappa shape index (κ1) is 11.0. The molecule has 82 valence electrons. The first-order valence-electron chi connectivity index (χ1n) is 5.04. The van der Waals surface area contributed by atoms with Crippen LogP contribution in [0.1, 0.15) is 20.1 Å². The summed E-state index contributed by atoms with van der Waals surface area (Å²) >= 11 is 7.30. The number of rotatable bonds is 2. The quantitative estimate of drug-likeness (QED) is 0.732. The van der Waals surface area contributed by atoms with Crippen LogP contribution in [-0.4, -0.2) is 29.8 Å². The van der Waals surface area contributed by atoms with E-state index < -0.39 is 0 Å². The van der Waals surface area contributed by atoms with Gasteiger partial charge in [-0.3, -0.25) is 4.79 Å². The van der Waals surface area contributed by atoms with Gasteiger partial charge in [-0.25, -0.2) is 0 Å². The third-order valence-corrected chi connectivity index (χ3v) is 4.42. The molecule has 2 heterocycles. The first-order valence-corrected chi connectivity index (χ1v) is 6.39. The topological polar surface area (TPSA) is 20.3 Å². The zero-order valence-electron chi connectivity index (χ0n) is 8.92. The Labute approximate surface area is 98.8 Å². The lowest BCUT2D eigenvalue weighted by Gasteiger charge is -2.37. The van der Waals surface area contributed by atoms with Crippen molar-refractivity contribution in [2.24, 2.45) is 5.92 Å². The molecule has 1 saturated heterocycles. The standard InChI is InChI=1S/C11H14ClNOS/c1-7-3-10(15-8(7)2)11(14)13-5-9(4-12)6-13/h3,9H,4-6H2,1-2H3. The predicted octanol–water partition coefficient (Wildman–Crippen LogP) is 2.68. The van der Waals surface area contributed by atoms with Crippen molar-refractivity contribution in [3.63, 3.8) is 0 Å². The molecule has 0 aliphatic carbocycles. The molecule has 0 aromatic carbocycles. The molecule has 0 bridgehead atoms. The van der Waals surface area contributed by atoms with E-state index in [1.54, 1.807) is 11.3 Å². The monoisotopic (exact) mass is 243 g/mol. The molecule has 15 heavy (non-hydrogen) atoms. The van der Waals surface area contributed by atoms with Crippen LogP contribution in [0.5, 0.6) is 0 Å². The van der Waals surface area contributed by atoms with Gasteiger partial charge in [-0.15, -0.1) is 22.9 Å². The van der Waals surface area contributed by atoms with Gasteiger partial charge >= 0.3 is 0 Å². The Bertz CT molecular complexity index is 362. The first-order chi connectivity index (χ1) is 7.11. The number of hydrogen-bond donors (Lipinski definition) is 0. The van der Waals surface area contributed by atoms with E-state index in [-0.39, 0.29) is 5.91 Å². The van der Waals surface area contributed by atoms with Crippen LogP contribution in [0.2, 0.25) is 0 Å². The molecule has 1 fully saturated rings. The van der Waals surface area contributed by atoms with Crippen LogP contribution < -0.4 is 0 Å². The maximum atomic E-state index is 11.9. The summed E-state index contributed by atoms with van der Waals surface area (Å²) in [6.07, 6.45) is 0. The maximum Gasteiger partial charge on any atom is 0.263 e. The number of amides is 1. The SMILES string of the molecule is Cc1cc(C(=O)N2CC(CCl)C2)sc1C. The summed E-state index contributed by atoms with van der Waals surface area (Å²) in [5, 5.41) is 0. The van der Waals surface area contributed by atoms with Gasteiger partial charge in [0, 0.05) is 29.8 Å². The highest BCUT2D eigenvalue weighted by atomic mass is 35.5. The maximum absolute atomic E-state index is 11.9. The van der Waals surface area contributed by atoms with Gasteiger partial charge in [0.1, 0.15) is 0 Å². The van der Waals surface area contributed by atoms with Crippen LogP contribution in [0.3, 0.4) is 0 Å². The molecule has 0 saturated carbocycles. The molecule has 1 aliphatic heterocycles. The summed E-state index contributed by atoms with van der Waals surface area (Å²) in [6, 6.07) is 1.98. The highest BCUT2D eigenvalue weighted by molar-refractivity contribution is 7.14. The van der Waals surface area contributed by atoms with Crippen molar-refractivity contribution in [3.05, 3.63) is 21.4 Å². The predicted molar refractivity (Wildman–Crippen MR) is 63.9 cm³/mol. The van der Waals surface area contributed by atoms with Crippen molar-refractivity contribution in [1.82, 2.24) is 4.90 Å². The van der Waals surface area contributed by atoms with Crippen LogP contribution in [0.25, 0.3) is 0 Å². The lowest BCUT2D eigenvalue weighted by molar-refractivity contribution is 0.0540. The largest absolute Gasteiger partial charge is 0.337 e. The zero-order chi connectivity index (χ0) is 11.0. The van der Waals surface area contributed by atoms with E-state index in [9.17, 15) is 4.79 Å². The number of hydrogen-bond acceptors (Lipinski definition) is 2. The van der Waals surface area contributed by atoms with Crippen LogP contribution in [-0.2, 0) is 0 Å². The van der Waals surface area contributed by atoms with E-state index in [0.717, 1.165) is 18.0 Å². The number of aryl methyl sites for hydroxylation is 2. The van der Waals surface area contributed by atoms with Crippen molar-refractivity contribution < 1.29 is 4.79 Å². The minimum Gasteiger partial charge on any atom is -0.337 e. The molecule has 2 rings (SSSR count). The molecule has 0 atom stereocenters. The minimum absolute atomic E-state index is 0.164. The number of thiophene rings is 1. The average molecular weight is 244 g/mol. The lowest BCUT2D eigenvalue weighted by Crippen LogP contribution is -2.50. The Morgan fingerprint density at radius 3 is 2.73 bits per heavy atom. The summed E-state index contributed by atoms with van der Waals surface area (Å²) in [5.41, 5.74) is 1.21. The van der Waals surface area contributed by atoms with E-state index in [1.807, 2.05) is 17.9 Å². The molecule has 0 N–H and O–H groups in total. The van der Waals surface area contributed by atoms with Crippen molar-refractivity contribution in [3.8, 4) is 0 Å². The number of carbonyl (C=O) groups excluding carboxylic acids is 1. The molecule has 1 aromatic rings. The van der Waals surface area contributed by atoms with Crippen molar-refractivity contribution in [2.45, 2.75) is 13.8 Å². The summed E-state index contributed by atoms with van der Waals surface area (Å²) in [5.74, 6) is 1.32. The molecule has 0 radical (unpaired) electrons. The molecule has 1 aromatic heterocycles. The van der Waals surface area contributed by atoms with Crippen LogP contribution in [0.4, 0.5) is 0 Å². The van der Waals surface area contributed by atoms with E-state index >= 15 is 0 Å². The number of likely N-dealkylation sites (tertiary alicyclic amines) is 1. The molecule has 1 amide bonds. The average Bonchev–Trinajstić information content (AvgIpc) is 2.45. The van der Waals surface area contributed by atoms with Gasteiger partial charge in [-0.05, 0) is 25.5 Å².